The summed E-state index contributed by atoms with van der Waals surface area (Å²) in [6.45, 7) is 0.469. The number of carbonyl (C=O) groups is 1. The molecule has 0 aliphatic heterocycles. The van der Waals surface area contributed by atoms with Crippen LogP contribution >= 0.6 is 0 Å². The highest BCUT2D eigenvalue weighted by Crippen LogP contribution is 1.99. The first-order chi connectivity index (χ1) is 8.13. The molecule has 1 rings (SSSR count). The summed E-state index contributed by atoms with van der Waals surface area (Å²) in [4.78, 5) is 11.5. The summed E-state index contributed by atoms with van der Waals surface area (Å²) in [5.41, 5.74) is 2.54. The average Bonchev–Trinajstić information content (AvgIpc) is 2.34. The van der Waals surface area contributed by atoms with Crippen LogP contribution in [-0.4, -0.2) is 38.9 Å². The van der Waals surface area contributed by atoms with Gasteiger partial charge in [-0.3, -0.25) is 9.00 Å². The Hall–Kier alpha value is -1.54. The number of hydrogen-bond donors (Lipinski definition) is 3. The summed E-state index contributed by atoms with van der Waals surface area (Å²) in [5, 5.41) is 10.0. The number of hydrazine groups is 1. The van der Waals surface area contributed by atoms with Crippen LogP contribution in [0.5, 0.6) is 0 Å². The molecule has 0 aliphatic carbocycles. The third-order valence-corrected chi connectivity index (χ3v) is 2.80. The molecular formula is C9H15N5O2S. The van der Waals surface area contributed by atoms with Crippen molar-refractivity contribution in [2.45, 2.75) is 6.42 Å². The van der Waals surface area contributed by atoms with Crippen LogP contribution in [0, 0.1) is 0 Å². The van der Waals surface area contributed by atoms with Crippen LogP contribution in [0.2, 0.25) is 0 Å². The van der Waals surface area contributed by atoms with Gasteiger partial charge in [0.2, 0.25) is 0 Å². The predicted molar refractivity (Wildman–Crippen MR) is 65.7 cm³/mol. The van der Waals surface area contributed by atoms with E-state index < -0.39 is 10.8 Å². The maximum atomic E-state index is 11.5. The van der Waals surface area contributed by atoms with Gasteiger partial charge in [-0.05, 0) is 18.6 Å². The highest BCUT2D eigenvalue weighted by molar-refractivity contribution is 7.84. The second-order valence-corrected chi connectivity index (χ2v) is 4.89. The molecule has 1 atom stereocenters. The Kier molecular flexibility index (Phi) is 5.50. The number of nitrogens with two attached hydrogens (primary N) is 1. The first kappa shape index (κ1) is 13.5. The number of aromatic nitrogens is 2. The van der Waals surface area contributed by atoms with Gasteiger partial charge >= 0.3 is 0 Å². The molecule has 94 valence electrons. The Bertz CT molecular complexity index is 395. The molecule has 0 bridgehead atoms. The van der Waals surface area contributed by atoms with Crippen LogP contribution < -0.4 is 16.6 Å². The van der Waals surface area contributed by atoms with E-state index in [9.17, 15) is 9.00 Å². The lowest BCUT2D eigenvalue weighted by Crippen LogP contribution is -2.26. The molecule has 0 spiro atoms. The van der Waals surface area contributed by atoms with Crippen LogP contribution in [0.1, 0.15) is 16.9 Å². The van der Waals surface area contributed by atoms with Gasteiger partial charge in [0.15, 0.2) is 11.5 Å². The molecule has 1 aromatic heterocycles. The van der Waals surface area contributed by atoms with E-state index in [0.717, 1.165) is 0 Å². The summed E-state index contributed by atoms with van der Waals surface area (Å²) < 4.78 is 10.8. The first-order valence-electron chi connectivity index (χ1n) is 5.02. The Labute approximate surface area is 102 Å². The van der Waals surface area contributed by atoms with Crippen molar-refractivity contribution in [1.82, 2.24) is 15.5 Å². The number of nitrogens with zero attached hydrogens (tertiary/aromatic N) is 2. The third-order valence-electron chi connectivity index (χ3n) is 1.94. The maximum absolute atomic E-state index is 11.5. The van der Waals surface area contributed by atoms with Crippen molar-refractivity contribution in [3.05, 3.63) is 17.8 Å². The molecule has 1 heterocycles. The Balaban J connectivity index is 2.38. The fraction of sp³-hybridized carbons (Fsp3) is 0.444. The topological polar surface area (TPSA) is 110 Å². The third kappa shape index (κ3) is 4.87. The molecule has 1 amide bonds. The van der Waals surface area contributed by atoms with Crippen LogP contribution in [0.3, 0.4) is 0 Å². The van der Waals surface area contributed by atoms with E-state index in [-0.39, 0.29) is 11.6 Å². The minimum absolute atomic E-state index is 0.224. The largest absolute Gasteiger partial charge is 0.351 e. The van der Waals surface area contributed by atoms with Crippen LogP contribution in [0.25, 0.3) is 0 Å². The van der Waals surface area contributed by atoms with Crippen LogP contribution in [0.4, 0.5) is 5.82 Å². The maximum Gasteiger partial charge on any atom is 0.271 e. The number of amides is 1. The lowest BCUT2D eigenvalue weighted by atomic mass is 10.3. The molecular weight excluding hydrogens is 242 g/mol. The number of carbonyl (C=O) groups excluding carboxylic acids is 1. The number of nitrogens with one attached hydrogen (secondary N) is 2. The average molecular weight is 257 g/mol. The minimum Gasteiger partial charge on any atom is -0.351 e. The molecule has 0 saturated carbocycles. The van der Waals surface area contributed by atoms with Gasteiger partial charge in [0.1, 0.15) is 0 Å². The van der Waals surface area contributed by atoms with Crippen molar-refractivity contribution in [2.24, 2.45) is 5.84 Å². The highest BCUT2D eigenvalue weighted by atomic mass is 32.2. The molecule has 8 heteroatoms. The van der Waals surface area contributed by atoms with Crippen molar-refractivity contribution < 1.29 is 9.00 Å². The Morgan fingerprint density at radius 1 is 1.47 bits per heavy atom. The molecule has 7 nitrogen and oxygen atoms in total. The molecule has 0 radical (unpaired) electrons. The van der Waals surface area contributed by atoms with Crippen molar-refractivity contribution in [3.8, 4) is 0 Å². The minimum atomic E-state index is -0.831. The Morgan fingerprint density at radius 2 is 2.24 bits per heavy atom. The summed E-state index contributed by atoms with van der Waals surface area (Å²) >= 11 is 0. The van der Waals surface area contributed by atoms with Gasteiger partial charge in [-0.25, -0.2) is 5.84 Å². The van der Waals surface area contributed by atoms with Gasteiger partial charge in [-0.15, -0.1) is 10.2 Å². The van der Waals surface area contributed by atoms with Gasteiger partial charge in [-0.2, -0.15) is 0 Å². The lowest BCUT2D eigenvalue weighted by Gasteiger charge is -2.03. The van der Waals surface area contributed by atoms with Crippen molar-refractivity contribution in [2.75, 3.05) is 24.0 Å². The van der Waals surface area contributed by atoms with E-state index in [0.29, 0.717) is 24.5 Å². The van der Waals surface area contributed by atoms with Gasteiger partial charge < -0.3 is 10.7 Å². The molecule has 0 saturated heterocycles. The molecule has 0 aliphatic rings. The molecule has 1 unspecified atom stereocenters. The van der Waals surface area contributed by atoms with E-state index >= 15 is 0 Å². The van der Waals surface area contributed by atoms with E-state index in [1.165, 1.54) is 6.07 Å². The quantitative estimate of drug-likeness (QED) is 0.352. The van der Waals surface area contributed by atoms with E-state index in [1.807, 2.05) is 0 Å². The SMILES string of the molecule is CS(=O)CCCNC(=O)c1ccc(NN)nn1. The summed E-state index contributed by atoms with van der Waals surface area (Å²) in [6.07, 6.45) is 2.30. The van der Waals surface area contributed by atoms with Gasteiger partial charge in [0.05, 0.1) is 0 Å². The fourth-order valence-electron chi connectivity index (χ4n) is 1.10. The van der Waals surface area contributed by atoms with Crippen molar-refractivity contribution >= 4 is 22.5 Å². The molecule has 17 heavy (non-hydrogen) atoms. The normalized spacial score (nSPS) is 11.9. The van der Waals surface area contributed by atoms with Gasteiger partial charge in [0.25, 0.3) is 5.91 Å². The van der Waals surface area contributed by atoms with Gasteiger partial charge in [0, 0.05) is 29.4 Å². The number of hydrogen-bond acceptors (Lipinski definition) is 6. The zero-order chi connectivity index (χ0) is 12.7. The monoisotopic (exact) mass is 257 g/mol. The highest BCUT2D eigenvalue weighted by Gasteiger charge is 2.06. The van der Waals surface area contributed by atoms with Crippen molar-refractivity contribution in [1.29, 1.82) is 0 Å². The van der Waals surface area contributed by atoms with Crippen LogP contribution in [-0.2, 0) is 10.8 Å². The Morgan fingerprint density at radius 3 is 2.76 bits per heavy atom. The summed E-state index contributed by atoms with van der Waals surface area (Å²) in [7, 11) is -0.831. The first-order valence-corrected chi connectivity index (χ1v) is 6.75. The number of anilines is 1. The van der Waals surface area contributed by atoms with Crippen molar-refractivity contribution in [3.63, 3.8) is 0 Å². The standard InChI is InChI=1S/C9H15N5O2S/c1-17(16)6-2-5-11-9(15)7-3-4-8(12-10)14-13-7/h3-4H,2,5-6,10H2,1H3,(H,11,15)(H,12,14). The van der Waals surface area contributed by atoms with E-state index in [1.54, 1.807) is 12.3 Å². The molecule has 0 aromatic carbocycles. The lowest BCUT2D eigenvalue weighted by molar-refractivity contribution is 0.0948. The zero-order valence-corrected chi connectivity index (χ0v) is 10.3. The molecule has 0 fully saturated rings. The molecule has 4 N–H and O–H groups in total. The second-order valence-electron chi connectivity index (χ2n) is 3.33. The summed E-state index contributed by atoms with van der Waals surface area (Å²) in [6, 6.07) is 3.08. The van der Waals surface area contributed by atoms with Gasteiger partial charge in [-0.1, -0.05) is 0 Å². The van der Waals surface area contributed by atoms with E-state index in [4.69, 9.17) is 5.84 Å². The fourth-order valence-corrected chi connectivity index (χ4v) is 1.65. The van der Waals surface area contributed by atoms with Crippen LogP contribution in [0.15, 0.2) is 12.1 Å². The zero-order valence-electron chi connectivity index (χ0n) is 9.47. The summed E-state index contributed by atoms with van der Waals surface area (Å²) in [5.74, 6) is 5.78. The number of rotatable bonds is 6. The second kappa shape index (κ2) is 6.92. The van der Waals surface area contributed by atoms with E-state index in [2.05, 4.69) is 20.9 Å². The predicted octanol–water partition coefficient (Wildman–Crippen LogP) is -0.739. The molecule has 1 aromatic rings. The smallest absolute Gasteiger partial charge is 0.271 e. The number of nitrogen functional groups attached to an aromatic ring is 1.